The summed E-state index contributed by atoms with van der Waals surface area (Å²) in [5.41, 5.74) is 3.28. The Balaban J connectivity index is 1.24. The zero-order valence-corrected chi connectivity index (χ0v) is 26.5. The lowest BCUT2D eigenvalue weighted by Gasteiger charge is -2.33. The van der Waals surface area contributed by atoms with Gasteiger partial charge in [0.1, 0.15) is 12.6 Å². The smallest absolute Gasteiger partial charge is 0.299 e. The van der Waals surface area contributed by atoms with Crippen LogP contribution >= 0.6 is 11.6 Å². The summed E-state index contributed by atoms with van der Waals surface area (Å²) in [6.45, 7) is 2.41. The van der Waals surface area contributed by atoms with E-state index in [0.29, 0.717) is 52.2 Å². The monoisotopic (exact) mass is 666 g/mol. The first kappa shape index (κ1) is 31.2. The van der Waals surface area contributed by atoms with Crippen molar-refractivity contribution in [3.05, 3.63) is 113 Å². The fourth-order valence-electron chi connectivity index (χ4n) is 6.09. The van der Waals surface area contributed by atoms with Crippen molar-refractivity contribution in [2.24, 2.45) is 0 Å². The number of hydrogen-bond donors (Lipinski definition) is 1. The second kappa shape index (κ2) is 13.4. The van der Waals surface area contributed by atoms with Gasteiger partial charge in [0.15, 0.2) is 11.5 Å². The standard InChI is InChI=1S/C36H31ClN4O7/c37-25-8-5-23(6-9-25)20-41(32(42)21-40-29-4-2-1-3-28(29)34(43)36(40)45)33(24-7-14-30-31(19-24)48-22-47-30)35(44)38-26-10-12-27(13-11-26)39-15-17-46-18-16-39/h1-14,19,33H,15-18,20-22H2,(H,38,44). The number of morpholine rings is 1. The van der Waals surface area contributed by atoms with E-state index in [-0.39, 0.29) is 18.9 Å². The zero-order valence-electron chi connectivity index (χ0n) is 25.8. The maximum atomic E-state index is 14.4. The first-order valence-corrected chi connectivity index (χ1v) is 15.9. The van der Waals surface area contributed by atoms with Gasteiger partial charge in [0.25, 0.3) is 17.6 Å². The van der Waals surface area contributed by atoms with Gasteiger partial charge in [0, 0.05) is 36.0 Å². The van der Waals surface area contributed by atoms with Crippen molar-refractivity contribution in [2.45, 2.75) is 12.6 Å². The summed E-state index contributed by atoms with van der Waals surface area (Å²) < 4.78 is 16.6. The molecular weight excluding hydrogens is 636 g/mol. The molecule has 4 aromatic rings. The Kier molecular flexibility index (Phi) is 8.70. The van der Waals surface area contributed by atoms with Crippen LogP contribution < -0.4 is 24.6 Å². The maximum Gasteiger partial charge on any atom is 0.299 e. The Bertz CT molecular complexity index is 1880. The Labute approximate surface area is 281 Å². The van der Waals surface area contributed by atoms with E-state index in [2.05, 4.69) is 10.2 Å². The van der Waals surface area contributed by atoms with E-state index < -0.39 is 36.1 Å². The van der Waals surface area contributed by atoms with Crippen molar-refractivity contribution in [1.82, 2.24) is 4.90 Å². The summed E-state index contributed by atoms with van der Waals surface area (Å²) >= 11 is 6.16. The number of anilines is 3. The van der Waals surface area contributed by atoms with E-state index in [1.165, 1.54) is 4.90 Å². The minimum absolute atomic E-state index is 0.00385. The molecule has 12 heteroatoms. The van der Waals surface area contributed by atoms with Gasteiger partial charge in [-0.15, -0.1) is 0 Å². The van der Waals surface area contributed by atoms with Crippen molar-refractivity contribution < 1.29 is 33.4 Å². The fraction of sp³-hybridized carbons (Fsp3) is 0.222. The molecule has 7 rings (SSSR count). The van der Waals surface area contributed by atoms with Gasteiger partial charge in [-0.2, -0.15) is 0 Å². The SMILES string of the molecule is O=C1C(=O)N(CC(=O)N(Cc2ccc(Cl)cc2)C(C(=O)Nc2ccc(N3CCOCC3)cc2)c2ccc3c(c2)OCO3)c2ccccc21. The van der Waals surface area contributed by atoms with Crippen molar-refractivity contribution >= 4 is 52.2 Å². The molecule has 48 heavy (non-hydrogen) atoms. The molecule has 0 radical (unpaired) electrons. The third kappa shape index (κ3) is 6.29. The van der Waals surface area contributed by atoms with Gasteiger partial charge in [-0.3, -0.25) is 24.1 Å². The van der Waals surface area contributed by atoms with Crippen molar-refractivity contribution in [3.63, 3.8) is 0 Å². The summed E-state index contributed by atoms with van der Waals surface area (Å²) in [5.74, 6) is -1.57. The molecule has 0 bridgehead atoms. The Morgan fingerprint density at radius 2 is 1.60 bits per heavy atom. The summed E-state index contributed by atoms with van der Waals surface area (Å²) in [6.07, 6.45) is 0. The van der Waals surface area contributed by atoms with Gasteiger partial charge in [-0.05, 0) is 71.8 Å². The van der Waals surface area contributed by atoms with E-state index in [0.717, 1.165) is 23.7 Å². The van der Waals surface area contributed by atoms with Gasteiger partial charge < -0.3 is 29.3 Å². The van der Waals surface area contributed by atoms with Crippen LogP contribution in [0.25, 0.3) is 0 Å². The van der Waals surface area contributed by atoms with Crippen molar-refractivity contribution in [3.8, 4) is 11.5 Å². The summed E-state index contributed by atoms with van der Waals surface area (Å²) in [5, 5.41) is 3.50. The van der Waals surface area contributed by atoms with E-state index in [1.54, 1.807) is 66.7 Å². The molecule has 4 aromatic carbocycles. The first-order chi connectivity index (χ1) is 23.4. The van der Waals surface area contributed by atoms with Gasteiger partial charge in [0.2, 0.25) is 12.7 Å². The van der Waals surface area contributed by atoms with Crippen LogP contribution in [0, 0.1) is 0 Å². The molecule has 3 aliphatic rings. The average molecular weight is 667 g/mol. The lowest BCUT2D eigenvalue weighted by atomic mass is 10.0. The van der Waals surface area contributed by atoms with Gasteiger partial charge >= 0.3 is 0 Å². The van der Waals surface area contributed by atoms with Crippen LogP contribution in [-0.2, 0) is 25.7 Å². The number of rotatable bonds is 9. The minimum Gasteiger partial charge on any atom is -0.454 e. The van der Waals surface area contributed by atoms with Crippen LogP contribution in [0.4, 0.5) is 17.1 Å². The number of Topliss-reactive ketones (excluding diaryl/α,β-unsaturated/α-hetero) is 1. The highest BCUT2D eigenvalue weighted by Gasteiger charge is 2.40. The van der Waals surface area contributed by atoms with Crippen LogP contribution in [0.2, 0.25) is 5.02 Å². The number of carbonyl (C=O) groups is 4. The quantitative estimate of drug-likeness (QED) is 0.252. The molecule has 3 heterocycles. The number of para-hydroxylation sites is 1. The van der Waals surface area contributed by atoms with E-state index in [1.807, 2.05) is 24.3 Å². The Morgan fingerprint density at radius 1 is 0.875 bits per heavy atom. The van der Waals surface area contributed by atoms with Crippen LogP contribution in [0.1, 0.15) is 27.5 Å². The molecule has 3 amide bonds. The van der Waals surface area contributed by atoms with Gasteiger partial charge in [-0.1, -0.05) is 41.9 Å². The maximum absolute atomic E-state index is 14.4. The normalized spacial score (nSPS) is 15.7. The molecule has 0 spiro atoms. The summed E-state index contributed by atoms with van der Waals surface area (Å²) in [4.78, 5) is 59.4. The highest BCUT2D eigenvalue weighted by Crippen LogP contribution is 2.37. The molecule has 0 aliphatic carbocycles. The molecule has 1 fully saturated rings. The molecule has 3 aliphatic heterocycles. The van der Waals surface area contributed by atoms with Crippen LogP contribution in [-0.4, -0.2) is 68.0 Å². The molecule has 1 saturated heterocycles. The fourth-order valence-corrected chi connectivity index (χ4v) is 6.21. The Hall–Kier alpha value is -5.39. The summed E-state index contributed by atoms with van der Waals surface area (Å²) in [6, 6.07) is 24.9. The number of amides is 3. The second-order valence-electron chi connectivity index (χ2n) is 11.5. The number of carbonyl (C=O) groups excluding carboxylic acids is 4. The van der Waals surface area contributed by atoms with Crippen LogP contribution in [0.15, 0.2) is 91.0 Å². The van der Waals surface area contributed by atoms with Gasteiger partial charge in [0.05, 0.1) is 24.5 Å². The summed E-state index contributed by atoms with van der Waals surface area (Å²) in [7, 11) is 0. The number of fused-ring (bicyclic) bond motifs is 2. The average Bonchev–Trinajstić information content (AvgIpc) is 3.68. The lowest BCUT2D eigenvalue weighted by Crippen LogP contribution is -2.46. The highest BCUT2D eigenvalue weighted by atomic mass is 35.5. The van der Waals surface area contributed by atoms with E-state index in [4.69, 9.17) is 25.8 Å². The number of nitrogens with one attached hydrogen (secondary N) is 1. The molecule has 1 N–H and O–H groups in total. The number of hydrogen-bond acceptors (Lipinski definition) is 8. The number of halogens is 1. The van der Waals surface area contributed by atoms with Crippen LogP contribution in [0.5, 0.6) is 11.5 Å². The topological polar surface area (TPSA) is 118 Å². The highest BCUT2D eigenvalue weighted by molar-refractivity contribution is 6.52. The van der Waals surface area contributed by atoms with Gasteiger partial charge in [-0.25, -0.2) is 0 Å². The number of benzene rings is 4. The predicted molar refractivity (Wildman–Crippen MR) is 179 cm³/mol. The third-order valence-electron chi connectivity index (χ3n) is 8.54. The lowest BCUT2D eigenvalue weighted by molar-refractivity contribution is -0.139. The molecule has 11 nitrogen and oxygen atoms in total. The van der Waals surface area contributed by atoms with Crippen LogP contribution in [0.3, 0.4) is 0 Å². The molecular formula is C36H31ClN4O7. The van der Waals surface area contributed by atoms with E-state index in [9.17, 15) is 19.2 Å². The molecule has 1 unspecified atom stereocenters. The Morgan fingerprint density at radius 3 is 2.38 bits per heavy atom. The third-order valence-corrected chi connectivity index (χ3v) is 8.79. The number of ether oxygens (including phenoxy) is 3. The number of nitrogens with zero attached hydrogens (tertiary/aromatic N) is 3. The molecule has 244 valence electrons. The largest absolute Gasteiger partial charge is 0.454 e. The first-order valence-electron chi connectivity index (χ1n) is 15.5. The predicted octanol–water partition coefficient (Wildman–Crippen LogP) is 4.84. The van der Waals surface area contributed by atoms with Crippen molar-refractivity contribution in [2.75, 3.05) is 54.8 Å². The molecule has 0 aromatic heterocycles. The second-order valence-corrected chi connectivity index (χ2v) is 12.0. The molecule has 0 saturated carbocycles. The number of ketones is 1. The van der Waals surface area contributed by atoms with E-state index >= 15 is 0 Å². The minimum atomic E-state index is -1.18. The van der Waals surface area contributed by atoms with Crippen molar-refractivity contribution in [1.29, 1.82) is 0 Å². The zero-order chi connectivity index (χ0) is 33.2. The molecule has 1 atom stereocenters.